The first kappa shape index (κ1) is 21.0. The summed E-state index contributed by atoms with van der Waals surface area (Å²) in [7, 11) is 0. The van der Waals surface area contributed by atoms with Crippen molar-refractivity contribution in [1.29, 1.82) is 0 Å². The van der Waals surface area contributed by atoms with Gasteiger partial charge in [0.2, 0.25) is 0 Å². The van der Waals surface area contributed by atoms with Gasteiger partial charge in [-0.1, -0.05) is 57.1 Å². The van der Waals surface area contributed by atoms with Crippen LogP contribution in [0.3, 0.4) is 0 Å². The van der Waals surface area contributed by atoms with Gasteiger partial charge in [-0.05, 0) is 6.42 Å². The minimum atomic E-state index is -0.500. The first-order valence-electron chi connectivity index (χ1n) is 4.60. The Balaban J connectivity index is -0.000000320. The van der Waals surface area contributed by atoms with E-state index in [1.165, 1.54) is 25.7 Å². The number of nitrogens with two attached hydrogens (primary N) is 1. The number of thiocarbonyl (C=S) groups is 1. The van der Waals surface area contributed by atoms with Gasteiger partial charge in [0, 0.05) is 11.7 Å². The van der Waals surface area contributed by atoms with Gasteiger partial charge in [0.1, 0.15) is 4.32 Å². The van der Waals surface area contributed by atoms with Crippen LogP contribution in [-0.4, -0.2) is 16.0 Å². The summed E-state index contributed by atoms with van der Waals surface area (Å²) < 4.78 is 0.578. The van der Waals surface area contributed by atoms with Crippen molar-refractivity contribution in [2.24, 2.45) is 5.73 Å². The molecular formula is C9H18NNaO2S2. The van der Waals surface area contributed by atoms with Crippen LogP contribution in [0.25, 0.3) is 0 Å². The molecule has 1 unspecified atom stereocenters. The predicted molar refractivity (Wildman–Crippen MR) is 64.0 cm³/mol. The summed E-state index contributed by atoms with van der Waals surface area (Å²) in [6, 6.07) is 0. The molecule has 0 aromatic heterocycles. The molecule has 0 rings (SSSR count). The van der Waals surface area contributed by atoms with Crippen molar-refractivity contribution >= 4 is 34.8 Å². The summed E-state index contributed by atoms with van der Waals surface area (Å²) >= 11 is 6.41. The molecule has 0 spiro atoms. The van der Waals surface area contributed by atoms with Crippen LogP contribution < -0.4 is 40.4 Å². The van der Waals surface area contributed by atoms with E-state index in [0.717, 1.165) is 0 Å². The molecule has 15 heavy (non-hydrogen) atoms. The molecule has 2 N–H and O–H groups in total. The SMILES string of the molecule is CCCCCC(C)SC(N)=S.O=C[O-].[Na+]. The fraction of sp³-hybridized carbons (Fsp3) is 0.778. The van der Waals surface area contributed by atoms with Gasteiger partial charge in [-0.2, -0.15) is 0 Å². The molecule has 0 bridgehead atoms. The van der Waals surface area contributed by atoms with E-state index in [1.807, 2.05) is 0 Å². The molecule has 0 aliphatic heterocycles. The van der Waals surface area contributed by atoms with E-state index < -0.39 is 6.47 Å². The number of hydrogen-bond donors (Lipinski definition) is 1. The summed E-state index contributed by atoms with van der Waals surface area (Å²) in [6.45, 7) is 3.89. The standard InChI is InChI=1S/C8H17NS2.CH2O2.Na/c1-3-4-5-6-7(2)11-8(9)10;2-1-3;/h7H,3-6H2,1-2H3,(H2,9,10);1H,(H,2,3);/q;;+1/p-1. The van der Waals surface area contributed by atoms with Gasteiger partial charge >= 0.3 is 29.6 Å². The molecule has 0 saturated carbocycles. The monoisotopic (exact) mass is 259 g/mol. The first-order chi connectivity index (χ1) is 6.58. The fourth-order valence-corrected chi connectivity index (χ4v) is 2.11. The molecule has 0 amide bonds. The summed E-state index contributed by atoms with van der Waals surface area (Å²) in [5.74, 6) is 0. The molecular weight excluding hydrogens is 241 g/mol. The molecule has 84 valence electrons. The summed E-state index contributed by atoms with van der Waals surface area (Å²) in [5, 5.41) is 8.85. The Morgan fingerprint density at radius 3 is 2.40 bits per heavy atom. The minimum Gasteiger partial charge on any atom is -0.554 e. The van der Waals surface area contributed by atoms with Crippen LogP contribution in [0.4, 0.5) is 0 Å². The third-order valence-corrected chi connectivity index (χ3v) is 2.69. The molecule has 0 radical (unpaired) electrons. The van der Waals surface area contributed by atoms with E-state index in [1.54, 1.807) is 11.8 Å². The Morgan fingerprint density at radius 1 is 1.60 bits per heavy atom. The second-order valence-corrected chi connectivity index (χ2v) is 5.02. The van der Waals surface area contributed by atoms with Crippen molar-refractivity contribution in [3.05, 3.63) is 0 Å². The van der Waals surface area contributed by atoms with Crippen molar-refractivity contribution in [2.45, 2.75) is 44.8 Å². The predicted octanol–water partition coefficient (Wildman–Crippen LogP) is -1.70. The van der Waals surface area contributed by atoms with Gasteiger partial charge in [0.05, 0.1) is 0 Å². The maximum Gasteiger partial charge on any atom is 1.00 e. The first-order valence-corrected chi connectivity index (χ1v) is 5.88. The number of carboxylic acid groups (broad SMARTS) is 1. The summed E-state index contributed by atoms with van der Waals surface area (Å²) in [5.41, 5.74) is 5.39. The molecule has 0 saturated heterocycles. The van der Waals surface area contributed by atoms with Crippen molar-refractivity contribution in [3.8, 4) is 0 Å². The van der Waals surface area contributed by atoms with Crippen LogP contribution >= 0.6 is 24.0 Å². The van der Waals surface area contributed by atoms with E-state index in [-0.39, 0.29) is 29.6 Å². The molecule has 3 nitrogen and oxygen atoms in total. The molecule has 0 aromatic rings. The van der Waals surface area contributed by atoms with E-state index in [9.17, 15) is 0 Å². The summed E-state index contributed by atoms with van der Waals surface area (Å²) in [4.78, 5) is 8.25. The number of carbonyl (C=O) groups excluding carboxylic acids is 1. The Morgan fingerprint density at radius 2 is 2.07 bits per heavy atom. The van der Waals surface area contributed by atoms with Gasteiger partial charge < -0.3 is 15.6 Å². The van der Waals surface area contributed by atoms with Crippen molar-refractivity contribution in [3.63, 3.8) is 0 Å². The maximum atomic E-state index is 8.25. The van der Waals surface area contributed by atoms with E-state index in [4.69, 9.17) is 27.9 Å². The second-order valence-electron chi connectivity index (χ2n) is 2.84. The number of thioether (sulfide) groups is 1. The Hall–Kier alpha value is 0.710. The fourth-order valence-electron chi connectivity index (χ4n) is 0.939. The topological polar surface area (TPSA) is 66.2 Å². The zero-order valence-electron chi connectivity index (χ0n) is 9.69. The van der Waals surface area contributed by atoms with Crippen molar-refractivity contribution in [1.82, 2.24) is 0 Å². The van der Waals surface area contributed by atoms with E-state index in [0.29, 0.717) is 9.57 Å². The maximum absolute atomic E-state index is 8.25. The molecule has 0 aliphatic rings. The van der Waals surface area contributed by atoms with Gasteiger partial charge in [0.25, 0.3) is 0 Å². The van der Waals surface area contributed by atoms with Gasteiger partial charge in [-0.15, -0.1) is 0 Å². The third kappa shape index (κ3) is 25.2. The molecule has 0 aromatic carbocycles. The van der Waals surface area contributed by atoms with Gasteiger partial charge in [-0.3, -0.25) is 0 Å². The second kappa shape index (κ2) is 17.1. The Bertz CT molecular complexity index is 159. The van der Waals surface area contributed by atoms with Gasteiger partial charge in [-0.25, -0.2) is 0 Å². The number of rotatable bonds is 5. The van der Waals surface area contributed by atoms with Crippen LogP contribution in [0.15, 0.2) is 0 Å². The zero-order chi connectivity index (χ0) is 11.4. The van der Waals surface area contributed by atoms with E-state index in [2.05, 4.69) is 13.8 Å². The summed E-state index contributed by atoms with van der Waals surface area (Å²) in [6.07, 6.45) is 5.13. The molecule has 1 atom stereocenters. The van der Waals surface area contributed by atoms with Crippen LogP contribution in [0.1, 0.15) is 39.5 Å². The molecule has 0 aliphatic carbocycles. The number of unbranched alkanes of at least 4 members (excludes halogenated alkanes) is 2. The average Bonchev–Trinajstić information content (AvgIpc) is 2.04. The smallest absolute Gasteiger partial charge is 0.554 e. The van der Waals surface area contributed by atoms with Gasteiger partial charge in [0.15, 0.2) is 0 Å². The van der Waals surface area contributed by atoms with Crippen LogP contribution in [0, 0.1) is 0 Å². The average molecular weight is 259 g/mol. The van der Waals surface area contributed by atoms with Crippen LogP contribution in [0.2, 0.25) is 0 Å². The van der Waals surface area contributed by atoms with Crippen LogP contribution in [-0.2, 0) is 4.79 Å². The molecule has 0 fully saturated rings. The molecule has 0 heterocycles. The normalized spacial score (nSPS) is 10.3. The quantitative estimate of drug-likeness (QED) is 0.276. The van der Waals surface area contributed by atoms with Crippen molar-refractivity contribution in [2.75, 3.05) is 0 Å². The van der Waals surface area contributed by atoms with Crippen LogP contribution in [0.5, 0.6) is 0 Å². The zero-order valence-corrected chi connectivity index (χ0v) is 13.3. The Labute approximate surface area is 124 Å². The Kier molecular flexibility index (Phi) is 24.0. The third-order valence-electron chi connectivity index (χ3n) is 1.53. The number of hydrogen-bond acceptors (Lipinski definition) is 4. The molecule has 6 heteroatoms. The van der Waals surface area contributed by atoms with Crippen molar-refractivity contribution < 1.29 is 39.5 Å². The minimum absolute atomic E-state index is 0. The number of carbonyl (C=O) groups is 1. The largest absolute Gasteiger partial charge is 1.00 e. The van der Waals surface area contributed by atoms with E-state index >= 15 is 0 Å².